The average molecular weight is 492 g/mol. The van der Waals surface area contributed by atoms with E-state index in [1.807, 2.05) is 30.3 Å². The first kappa shape index (κ1) is 22.2. The fourth-order valence-corrected chi connectivity index (χ4v) is 4.75. The average Bonchev–Trinajstić information content (AvgIpc) is 3.19. The molecule has 34 heavy (non-hydrogen) atoms. The zero-order chi connectivity index (χ0) is 24.0. The third-order valence-electron chi connectivity index (χ3n) is 5.99. The molecule has 2 heterocycles. The number of halogens is 2. The van der Waals surface area contributed by atoms with Crippen molar-refractivity contribution in [2.24, 2.45) is 0 Å². The molecule has 0 saturated heterocycles. The lowest BCUT2D eigenvalue weighted by Crippen LogP contribution is -2.32. The lowest BCUT2D eigenvalue weighted by molar-refractivity contribution is -0.136. The number of amides is 3. The summed E-state index contributed by atoms with van der Waals surface area (Å²) in [5, 5.41) is 3.94. The Bertz CT molecular complexity index is 1370. The molecule has 8 heteroatoms. The van der Waals surface area contributed by atoms with Crippen molar-refractivity contribution >= 4 is 52.3 Å². The minimum atomic E-state index is -0.972. The van der Waals surface area contributed by atoms with Crippen LogP contribution in [0.5, 0.6) is 0 Å². The fourth-order valence-electron chi connectivity index (χ4n) is 4.38. The minimum absolute atomic E-state index is 0.0561. The van der Waals surface area contributed by atoms with Gasteiger partial charge in [0.05, 0.1) is 18.0 Å². The molecule has 6 nitrogen and oxygen atoms in total. The molecule has 3 amide bonds. The van der Waals surface area contributed by atoms with Gasteiger partial charge in [-0.3, -0.25) is 19.3 Å². The van der Waals surface area contributed by atoms with Crippen molar-refractivity contribution < 1.29 is 14.4 Å². The zero-order valence-electron chi connectivity index (χ0n) is 18.1. The Labute approximate surface area is 206 Å². The monoisotopic (exact) mass is 491 g/mol. The molecule has 0 aromatic heterocycles. The summed E-state index contributed by atoms with van der Waals surface area (Å²) in [4.78, 5) is 42.7. The molecule has 1 N–H and O–H groups in total. The molecular weight excluding hydrogens is 473 g/mol. The maximum atomic E-state index is 13.8. The van der Waals surface area contributed by atoms with Crippen LogP contribution in [0.3, 0.4) is 0 Å². The minimum Gasteiger partial charge on any atom is -0.351 e. The molecule has 0 saturated carbocycles. The maximum Gasteiger partial charge on any atom is 0.277 e. The van der Waals surface area contributed by atoms with E-state index in [-0.39, 0.29) is 17.2 Å². The van der Waals surface area contributed by atoms with E-state index in [9.17, 15) is 14.4 Å². The molecule has 2 aliphatic rings. The van der Waals surface area contributed by atoms with Gasteiger partial charge in [-0.2, -0.15) is 0 Å². The van der Waals surface area contributed by atoms with Gasteiger partial charge in [0.15, 0.2) is 0 Å². The molecule has 0 fully saturated rings. The van der Waals surface area contributed by atoms with Crippen molar-refractivity contribution in [3.05, 3.63) is 105 Å². The van der Waals surface area contributed by atoms with Gasteiger partial charge in [-0.1, -0.05) is 59.6 Å². The molecule has 2 aliphatic heterocycles. The van der Waals surface area contributed by atoms with Crippen LogP contribution >= 0.6 is 23.2 Å². The summed E-state index contributed by atoms with van der Waals surface area (Å²) in [5.41, 5.74) is 2.87. The fraction of sp³-hybridized carbons (Fsp3) is 0.115. The quantitative estimate of drug-likeness (QED) is 0.510. The summed E-state index contributed by atoms with van der Waals surface area (Å²) < 4.78 is 0. The number of anilines is 2. The highest BCUT2D eigenvalue weighted by Crippen LogP contribution is 2.46. The maximum absolute atomic E-state index is 13.8. The number of nitrogens with zero attached hydrogens (tertiary/aromatic N) is 2. The Morgan fingerprint density at radius 1 is 0.853 bits per heavy atom. The molecule has 3 aromatic rings. The third-order valence-corrected chi connectivity index (χ3v) is 6.46. The van der Waals surface area contributed by atoms with E-state index in [1.54, 1.807) is 47.4 Å². The lowest BCUT2D eigenvalue weighted by atomic mass is 9.91. The van der Waals surface area contributed by atoms with Crippen LogP contribution in [0.2, 0.25) is 10.0 Å². The van der Waals surface area contributed by atoms with E-state index in [1.165, 1.54) is 7.05 Å². The number of likely N-dealkylation sites (N-methyl/N-ethyl adjacent to an activating group) is 1. The second-order valence-corrected chi connectivity index (χ2v) is 9.01. The third kappa shape index (κ3) is 3.75. The van der Waals surface area contributed by atoms with E-state index in [0.717, 1.165) is 10.5 Å². The van der Waals surface area contributed by atoms with Gasteiger partial charge in [0.1, 0.15) is 5.70 Å². The summed E-state index contributed by atoms with van der Waals surface area (Å²) in [6.45, 7) is 0.327. The van der Waals surface area contributed by atoms with Crippen LogP contribution in [0.1, 0.15) is 17.0 Å². The van der Waals surface area contributed by atoms with Crippen LogP contribution in [0.25, 0.3) is 0 Å². The summed E-state index contributed by atoms with van der Waals surface area (Å²) >= 11 is 12.4. The first-order valence-electron chi connectivity index (χ1n) is 10.6. The van der Waals surface area contributed by atoms with Crippen LogP contribution in [0.15, 0.2) is 84.1 Å². The lowest BCUT2D eigenvalue weighted by Gasteiger charge is -2.18. The second-order valence-electron chi connectivity index (χ2n) is 8.14. The van der Waals surface area contributed by atoms with Crippen LogP contribution in [0, 0.1) is 0 Å². The van der Waals surface area contributed by atoms with Crippen molar-refractivity contribution in [3.8, 4) is 0 Å². The van der Waals surface area contributed by atoms with Crippen LogP contribution in [-0.4, -0.2) is 29.7 Å². The molecule has 1 atom stereocenters. The normalized spacial score (nSPS) is 17.6. The SMILES string of the molecule is CN1C(=O)C(Nc2cccc(Cl)c2)=C(C2C(=O)N(Cc3ccccc3)c3ccc(Cl)cc32)C1=O. The molecule has 0 radical (unpaired) electrons. The van der Waals surface area contributed by atoms with E-state index >= 15 is 0 Å². The Morgan fingerprint density at radius 3 is 2.32 bits per heavy atom. The highest BCUT2D eigenvalue weighted by atomic mass is 35.5. The molecule has 0 spiro atoms. The van der Waals surface area contributed by atoms with Crippen molar-refractivity contribution in [2.45, 2.75) is 12.5 Å². The molecule has 0 bridgehead atoms. The number of hydrogen-bond acceptors (Lipinski definition) is 4. The summed E-state index contributed by atoms with van der Waals surface area (Å²) in [6, 6.07) is 21.5. The number of carbonyl (C=O) groups excluding carboxylic acids is 3. The number of fused-ring (bicyclic) bond motifs is 1. The molecule has 1 unspecified atom stereocenters. The molecule has 0 aliphatic carbocycles. The Morgan fingerprint density at radius 2 is 1.59 bits per heavy atom. The zero-order valence-corrected chi connectivity index (χ0v) is 19.6. The van der Waals surface area contributed by atoms with E-state index in [0.29, 0.717) is 33.5 Å². The van der Waals surface area contributed by atoms with Gasteiger partial charge in [0, 0.05) is 28.5 Å². The van der Waals surface area contributed by atoms with Gasteiger partial charge < -0.3 is 10.2 Å². The van der Waals surface area contributed by atoms with Crippen molar-refractivity contribution in [1.29, 1.82) is 0 Å². The largest absolute Gasteiger partial charge is 0.351 e. The van der Waals surface area contributed by atoms with Crippen LogP contribution in [-0.2, 0) is 20.9 Å². The highest BCUT2D eigenvalue weighted by Gasteiger charge is 2.48. The standard InChI is InChI=1S/C26H19Cl2N3O3/c1-30-24(32)22(23(26(30)34)29-18-9-5-8-16(27)12-18)21-19-13-17(28)10-11-20(19)31(25(21)33)14-15-6-3-2-4-7-15/h2-13,21,29H,14H2,1H3. The topological polar surface area (TPSA) is 69.7 Å². The van der Waals surface area contributed by atoms with Gasteiger partial charge in [-0.15, -0.1) is 0 Å². The molecule has 5 rings (SSSR count). The number of carbonyl (C=O) groups is 3. The van der Waals surface area contributed by atoms with Crippen molar-refractivity contribution in [2.75, 3.05) is 17.3 Å². The number of hydrogen-bond donors (Lipinski definition) is 1. The number of rotatable bonds is 5. The predicted octanol–water partition coefficient (Wildman–Crippen LogP) is 4.99. The smallest absolute Gasteiger partial charge is 0.277 e. The predicted molar refractivity (Wildman–Crippen MR) is 132 cm³/mol. The number of benzene rings is 3. The van der Waals surface area contributed by atoms with Crippen molar-refractivity contribution in [1.82, 2.24) is 4.90 Å². The molecule has 170 valence electrons. The van der Waals surface area contributed by atoms with Gasteiger partial charge in [-0.05, 0) is 47.5 Å². The van der Waals surface area contributed by atoms with Gasteiger partial charge >= 0.3 is 0 Å². The summed E-state index contributed by atoms with van der Waals surface area (Å²) in [5.74, 6) is -2.31. The highest BCUT2D eigenvalue weighted by molar-refractivity contribution is 6.31. The Hall–Kier alpha value is -3.61. The van der Waals surface area contributed by atoms with E-state index in [4.69, 9.17) is 23.2 Å². The van der Waals surface area contributed by atoms with Gasteiger partial charge in [0.25, 0.3) is 11.8 Å². The van der Waals surface area contributed by atoms with Gasteiger partial charge in [-0.25, -0.2) is 0 Å². The summed E-state index contributed by atoms with van der Waals surface area (Å²) in [7, 11) is 1.40. The Balaban J connectivity index is 1.63. The summed E-state index contributed by atoms with van der Waals surface area (Å²) in [6.07, 6.45) is 0. The first-order valence-corrected chi connectivity index (χ1v) is 11.3. The number of nitrogens with one attached hydrogen (secondary N) is 1. The van der Waals surface area contributed by atoms with Crippen LogP contribution in [0.4, 0.5) is 11.4 Å². The van der Waals surface area contributed by atoms with E-state index in [2.05, 4.69) is 5.32 Å². The molecular formula is C26H19Cl2N3O3. The number of imide groups is 1. The second kappa shape index (κ2) is 8.63. The Kier molecular flexibility index (Phi) is 5.63. The molecule has 3 aromatic carbocycles. The first-order chi connectivity index (χ1) is 16.3. The van der Waals surface area contributed by atoms with Crippen molar-refractivity contribution in [3.63, 3.8) is 0 Å². The van der Waals surface area contributed by atoms with E-state index < -0.39 is 17.7 Å². The van der Waals surface area contributed by atoms with Crippen LogP contribution < -0.4 is 10.2 Å². The van der Waals surface area contributed by atoms with Gasteiger partial charge in [0.2, 0.25) is 5.91 Å².